The topological polar surface area (TPSA) is 52.0 Å². The molecule has 3 heteroatoms. The summed E-state index contributed by atoms with van der Waals surface area (Å²) in [6, 6.07) is 0. The molecule has 0 amide bonds. The van der Waals surface area contributed by atoms with Crippen LogP contribution in [0.25, 0.3) is 0 Å². The van der Waals surface area contributed by atoms with Crippen LogP contribution in [-0.4, -0.2) is 11.3 Å². The number of hydrogen-bond donors (Lipinski definition) is 2. The molecule has 2 nitrogen and oxygen atoms in total. The molecule has 0 aliphatic rings. The second-order valence-electron chi connectivity index (χ2n) is 3.31. The van der Waals surface area contributed by atoms with Crippen LogP contribution in [0.1, 0.15) is 27.7 Å². The Bertz CT molecular complexity index is 79.1. The molecule has 0 fully saturated rings. The first-order valence-electron chi connectivity index (χ1n) is 3.46. The Hall–Kier alpha value is 0.350. The molecule has 0 aromatic heterocycles. The van der Waals surface area contributed by atoms with Gasteiger partial charge in [-0.05, 0) is 0 Å². The average molecular weight is 150 g/mol. The molecule has 0 radical (unpaired) electrons. The summed E-state index contributed by atoms with van der Waals surface area (Å²) in [5.41, 5.74) is 12.8. The molecule has 9 heavy (non-hydrogen) atoms. The predicted molar refractivity (Wildman–Crippen MR) is 47.0 cm³/mol. The van der Waals surface area contributed by atoms with Crippen molar-refractivity contribution in [1.29, 1.82) is 0 Å². The normalized spacial score (nSPS) is 15.1. The SMILES string of the molecule is CC(C)[PH](N)(N)C(C)C. The molecule has 0 aromatic carbocycles. The van der Waals surface area contributed by atoms with Gasteiger partial charge in [-0.15, -0.1) is 0 Å². The van der Waals surface area contributed by atoms with Gasteiger partial charge in [0, 0.05) is 0 Å². The summed E-state index contributed by atoms with van der Waals surface area (Å²) in [6.07, 6.45) is 0. The first kappa shape index (κ1) is 9.35. The fourth-order valence-corrected chi connectivity index (χ4v) is 2.00. The molecule has 0 aliphatic carbocycles. The van der Waals surface area contributed by atoms with E-state index in [4.69, 9.17) is 11.0 Å². The van der Waals surface area contributed by atoms with E-state index in [0.29, 0.717) is 11.3 Å². The Labute approximate surface area is 58.4 Å². The Balaban J connectivity index is 4.01. The molecule has 0 saturated carbocycles. The molecule has 0 aromatic rings. The summed E-state index contributed by atoms with van der Waals surface area (Å²) in [5, 5.41) is 0. The Morgan fingerprint density at radius 2 is 1.11 bits per heavy atom. The van der Waals surface area contributed by atoms with Crippen LogP contribution in [0.3, 0.4) is 0 Å². The van der Waals surface area contributed by atoms with E-state index in [1.54, 1.807) is 0 Å². The van der Waals surface area contributed by atoms with E-state index in [2.05, 4.69) is 27.7 Å². The van der Waals surface area contributed by atoms with Gasteiger partial charge in [-0.2, -0.15) is 0 Å². The van der Waals surface area contributed by atoms with Crippen molar-refractivity contribution in [2.75, 3.05) is 0 Å². The van der Waals surface area contributed by atoms with Crippen molar-refractivity contribution < 1.29 is 0 Å². The van der Waals surface area contributed by atoms with Crippen molar-refractivity contribution in [2.24, 2.45) is 11.0 Å². The van der Waals surface area contributed by atoms with Crippen molar-refractivity contribution in [3.63, 3.8) is 0 Å². The third kappa shape index (κ3) is 2.21. The molecule has 0 spiro atoms. The summed E-state index contributed by atoms with van der Waals surface area (Å²) >= 11 is 0. The van der Waals surface area contributed by atoms with Crippen molar-refractivity contribution in [3.05, 3.63) is 0 Å². The standard InChI is InChI=1S/C6H19N2P/c1-5(2)9(7,8)6(3)4/h5-6,9H,7-8H2,1-4H3. The molecule has 0 heterocycles. The summed E-state index contributed by atoms with van der Waals surface area (Å²) in [4.78, 5) is 0. The predicted octanol–water partition coefficient (Wildman–Crippen LogP) is 1.30. The van der Waals surface area contributed by atoms with E-state index in [-0.39, 0.29) is 0 Å². The average Bonchev–Trinajstić information content (AvgIpc) is 1.65. The Kier molecular flexibility index (Phi) is 3.07. The van der Waals surface area contributed by atoms with Crippen molar-refractivity contribution >= 4 is 7.56 Å². The zero-order valence-electron chi connectivity index (χ0n) is 6.81. The van der Waals surface area contributed by atoms with Crippen LogP contribution >= 0.6 is 7.56 Å². The number of hydrogen-bond acceptors (Lipinski definition) is 2. The maximum atomic E-state index is 5.92. The minimum absolute atomic E-state index is 0.484. The Morgan fingerprint density at radius 3 is 1.11 bits per heavy atom. The molecule has 0 bridgehead atoms. The van der Waals surface area contributed by atoms with E-state index < -0.39 is 7.56 Å². The first-order chi connectivity index (χ1) is 3.89. The maximum absolute atomic E-state index is 5.92. The van der Waals surface area contributed by atoms with Gasteiger partial charge in [-0.1, -0.05) is 0 Å². The molecule has 58 valence electrons. The number of nitrogens with two attached hydrogens (primary N) is 2. The van der Waals surface area contributed by atoms with Gasteiger partial charge in [-0.25, -0.2) is 0 Å². The van der Waals surface area contributed by atoms with E-state index in [1.165, 1.54) is 0 Å². The summed E-state index contributed by atoms with van der Waals surface area (Å²) in [7, 11) is -1.86. The first-order valence-corrected chi connectivity index (χ1v) is 5.77. The van der Waals surface area contributed by atoms with Gasteiger partial charge in [0.15, 0.2) is 0 Å². The zero-order valence-corrected chi connectivity index (χ0v) is 7.81. The van der Waals surface area contributed by atoms with Crippen molar-refractivity contribution in [1.82, 2.24) is 0 Å². The molecular formula is C6H19N2P. The fraction of sp³-hybridized carbons (Fsp3) is 1.00. The van der Waals surface area contributed by atoms with Crippen LogP contribution in [-0.2, 0) is 0 Å². The van der Waals surface area contributed by atoms with Crippen LogP contribution < -0.4 is 11.0 Å². The second kappa shape index (κ2) is 2.96. The molecule has 0 aliphatic heterocycles. The molecule has 0 atom stereocenters. The van der Waals surface area contributed by atoms with E-state index in [0.717, 1.165) is 0 Å². The van der Waals surface area contributed by atoms with E-state index in [1.807, 2.05) is 0 Å². The van der Waals surface area contributed by atoms with Crippen molar-refractivity contribution in [3.8, 4) is 0 Å². The van der Waals surface area contributed by atoms with Crippen LogP contribution in [0.4, 0.5) is 0 Å². The molecule has 4 N–H and O–H groups in total. The van der Waals surface area contributed by atoms with Crippen LogP contribution in [0, 0.1) is 0 Å². The third-order valence-electron chi connectivity index (χ3n) is 2.00. The molecular weight excluding hydrogens is 131 g/mol. The summed E-state index contributed by atoms with van der Waals surface area (Å²) in [5.74, 6) is 0. The van der Waals surface area contributed by atoms with Gasteiger partial charge in [0.05, 0.1) is 0 Å². The molecule has 0 saturated heterocycles. The van der Waals surface area contributed by atoms with E-state index >= 15 is 0 Å². The molecule has 0 unspecified atom stereocenters. The van der Waals surface area contributed by atoms with Crippen LogP contribution in [0.15, 0.2) is 0 Å². The van der Waals surface area contributed by atoms with Crippen molar-refractivity contribution in [2.45, 2.75) is 39.0 Å². The van der Waals surface area contributed by atoms with Crippen LogP contribution in [0.2, 0.25) is 0 Å². The summed E-state index contributed by atoms with van der Waals surface area (Å²) in [6.45, 7) is 8.41. The number of rotatable bonds is 2. The quantitative estimate of drug-likeness (QED) is 0.583. The van der Waals surface area contributed by atoms with Gasteiger partial charge >= 0.3 is 57.6 Å². The minimum atomic E-state index is -1.86. The zero-order chi connectivity index (χ0) is 7.65. The monoisotopic (exact) mass is 150 g/mol. The van der Waals surface area contributed by atoms with Gasteiger partial charge in [0.25, 0.3) is 0 Å². The van der Waals surface area contributed by atoms with Gasteiger partial charge in [0.1, 0.15) is 0 Å². The van der Waals surface area contributed by atoms with Gasteiger partial charge in [0.2, 0.25) is 0 Å². The summed E-state index contributed by atoms with van der Waals surface area (Å²) < 4.78 is 0. The van der Waals surface area contributed by atoms with E-state index in [9.17, 15) is 0 Å². The third-order valence-corrected chi connectivity index (χ3v) is 6.00. The molecule has 0 rings (SSSR count). The van der Waals surface area contributed by atoms with Crippen LogP contribution in [0.5, 0.6) is 0 Å². The van der Waals surface area contributed by atoms with Gasteiger partial charge in [-0.3, -0.25) is 0 Å². The Morgan fingerprint density at radius 1 is 0.889 bits per heavy atom. The van der Waals surface area contributed by atoms with Gasteiger partial charge < -0.3 is 0 Å². The fourth-order valence-electron chi connectivity index (χ4n) is 0.667. The second-order valence-corrected chi connectivity index (χ2v) is 7.62.